The van der Waals surface area contributed by atoms with Crippen LogP contribution in [-0.4, -0.2) is 20.9 Å². The number of hydrogen-bond acceptors (Lipinski definition) is 4. The molecule has 1 heterocycles. The molecule has 0 saturated heterocycles. The molecular weight excluding hydrogens is 435 g/mol. The summed E-state index contributed by atoms with van der Waals surface area (Å²) in [5, 5.41) is 3.11. The number of nitrogens with one attached hydrogen (secondary N) is 1. The lowest BCUT2D eigenvalue weighted by molar-refractivity contribution is -0.119. The van der Waals surface area contributed by atoms with Crippen LogP contribution >= 0.6 is 23.2 Å². The van der Waals surface area contributed by atoms with E-state index >= 15 is 0 Å². The first-order valence-electron chi connectivity index (χ1n) is 8.61. The lowest BCUT2D eigenvalue weighted by Gasteiger charge is -2.24. The monoisotopic (exact) mass is 452 g/mol. The Hall–Kier alpha value is -2.48. The smallest absolute Gasteiger partial charge is 0.264 e. The number of halogens is 2. The molecular formula is C20H18Cl2N2O4S. The van der Waals surface area contributed by atoms with Crippen LogP contribution in [0.4, 0.5) is 5.69 Å². The number of amides is 1. The summed E-state index contributed by atoms with van der Waals surface area (Å²) in [5.74, 6) is 0.0592. The van der Waals surface area contributed by atoms with Crippen molar-refractivity contribution in [2.75, 3.05) is 10.8 Å². The number of furan rings is 1. The third-order valence-corrected chi connectivity index (χ3v) is 6.65. The predicted octanol–water partition coefficient (Wildman–Crippen LogP) is 4.41. The van der Waals surface area contributed by atoms with Crippen molar-refractivity contribution in [2.24, 2.45) is 0 Å². The lowest BCUT2D eigenvalue weighted by Crippen LogP contribution is -2.40. The van der Waals surface area contributed by atoms with E-state index in [1.807, 2.05) is 6.92 Å². The molecule has 0 aliphatic heterocycles. The molecule has 0 spiro atoms. The number of sulfonamides is 1. The van der Waals surface area contributed by atoms with Crippen LogP contribution in [0.15, 0.2) is 70.2 Å². The average Bonchev–Trinajstić information content (AvgIpc) is 3.21. The molecule has 6 nitrogen and oxygen atoms in total. The Morgan fingerprint density at radius 2 is 1.79 bits per heavy atom. The molecule has 9 heteroatoms. The highest BCUT2D eigenvalue weighted by Crippen LogP contribution is 2.30. The van der Waals surface area contributed by atoms with Gasteiger partial charge in [0.2, 0.25) is 5.91 Å². The minimum absolute atomic E-state index is 0.0630. The highest BCUT2D eigenvalue weighted by Gasteiger charge is 2.27. The molecule has 3 aromatic rings. The van der Waals surface area contributed by atoms with Crippen molar-refractivity contribution in [2.45, 2.75) is 18.4 Å². The van der Waals surface area contributed by atoms with E-state index in [1.54, 1.807) is 24.3 Å². The molecule has 29 heavy (non-hydrogen) atoms. The van der Waals surface area contributed by atoms with E-state index in [1.165, 1.54) is 36.6 Å². The number of anilines is 1. The lowest BCUT2D eigenvalue weighted by atomic mass is 10.2. The summed E-state index contributed by atoms with van der Waals surface area (Å²) in [7, 11) is -4.02. The van der Waals surface area contributed by atoms with Crippen molar-refractivity contribution in [1.29, 1.82) is 0 Å². The summed E-state index contributed by atoms with van der Waals surface area (Å²) >= 11 is 12.0. The van der Waals surface area contributed by atoms with Gasteiger partial charge in [0.25, 0.3) is 10.0 Å². The zero-order valence-electron chi connectivity index (χ0n) is 15.4. The molecule has 2 aromatic carbocycles. The molecule has 1 amide bonds. The van der Waals surface area contributed by atoms with Gasteiger partial charge in [0.05, 0.1) is 33.4 Å². The van der Waals surface area contributed by atoms with Crippen LogP contribution in [0.5, 0.6) is 0 Å². The van der Waals surface area contributed by atoms with Gasteiger partial charge in [-0.1, -0.05) is 40.9 Å². The number of carbonyl (C=O) groups is 1. The Labute approximate surface area is 179 Å². The van der Waals surface area contributed by atoms with Crippen molar-refractivity contribution in [3.05, 3.63) is 82.2 Å². The van der Waals surface area contributed by atoms with Crippen LogP contribution in [0.2, 0.25) is 10.0 Å². The van der Waals surface area contributed by atoms with Crippen molar-refractivity contribution < 1.29 is 17.6 Å². The molecule has 0 aliphatic carbocycles. The van der Waals surface area contributed by atoms with Gasteiger partial charge < -0.3 is 9.73 Å². The topological polar surface area (TPSA) is 79.6 Å². The standard InChI is InChI=1S/C20H18Cl2N2O4S/c1-14-4-7-17(8-5-14)29(26,27)24(15-6-9-18(21)19(22)11-15)13-20(25)23-12-16-3-2-10-28-16/h2-11H,12-13H2,1H3,(H,23,25). The van der Waals surface area contributed by atoms with Gasteiger partial charge in [0.1, 0.15) is 12.3 Å². The predicted molar refractivity (Wildman–Crippen MR) is 113 cm³/mol. The van der Waals surface area contributed by atoms with Gasteiger partial charge in [0, 0.05) is 0 Å². The largest absolute Gasteiger partial charge is 0.467 e. The molecule has 0 bridgehead atoms. The minimum atomic E-state index is -4.02. The van der Waals surface area contributed by atoms with Crippen molar-refractivity contribution in [1.82, 2.24) is 5.32 Å². The minimum Gasteiger partial charge on any atom is -0.467 e. The summed E-state index contributed by atoms with van der Waals surface area (Å²) in [5.41, 5.74) is 1.15. The van der Waals surface area contributed by atoms with Crippen LogP contribution in [0.3, 0.4) is 0 Å². The molecule has 1 aromatic heterocycles. The van der Waals surface area contributed by atoms with Crippen molar-refractivity contribution in [3.63, 3.8) is 0 Å². The quantitative estimate of drug-likeness (QED) is 0.575. The number of rotatable bonds is 7. The SMILES string of the molecule is Cc1ccc(S(=O)(=O)N(CC(=O)NCc2ccco2)c2ccc(Cl)c(Cl)c2)cc1. The normalized spacial score (nSPS) is 11.3. The highest BCUT2D eigenvalue weighted by molar-refractivity contribution is 7.92. The third-order valence-electron chi connectivity index (χ3n) is 4.13. The molecule has 152 valence electrons. The number of hydrogen-bond donors (Lipinski definition) is 1. The maximum atomic E-state index is 13.3. The summed E-state index contributed by atoms with van der Waals surface area (Å²) in [6.45, 7) is 1.57. The summed E-state index contributed by atoms with van der Waals surface area (Å²) in [6, 6.07) is 14.2. The second-order valence-corrected chi connectivity index (χ2v) is 8.96. The maximum Gasteiger partial charge on any atom is 0.264 e. The Morgan fingerprint density at radius 1 is 1.07 bits per heavy atom. The fourth-order valence-corrected chi connectivity index (χ4v) is 4.28. The van der Waals surface area contributed by atoms with Gasteiger partial charge in [-0.3, -0.25) is 9.10 Å². The van der Waals surface area contributed by atoms with Gasteiger partial charge in [0.15, 0.2) is 0 Å². The summed E-state index contributed by atoms with van der Waals surface area (Å²) in [4.78, 5) is 12.6. The average molecular weight is 453 g/mol. The third kappa shape index (κ3) is 5.12. The van der Waals surface area contributed by atoms with Crippen LogP contribution in [0, 0.1) is 6.92 Å². The van der Waals surface area contributed by atoms with Gasteiger partial charge >= 0.3 is 0 Å². The molecule has 1 N–H and O–H groups in total. The van der Waals surface area contributed by atoms with Gasteiger partial charge in [-0.15, -0.1) is 0 Å². The fourth-order valence-electron chi connectivity index (χ4n) is 2.58. The van der Waals surface area contributed by atoms with Crippen LogP contribution in [-0.2, 0) is 21.4 Å². The van der Waals surface area contributed by atoms with Crippen molar-refractivity contribution in [3.8, 4) is 0 Å². The summed E-state index contributed by atoms with van der Waals surface area (Å²) < 4.78 is 32.7. The molecule has 0 fully saturated rings. The van der Waals surface area contributed by atoms with Crippen LogP contribution in [0.1, 0.15) is 11.3 Å². The summed E-state index contributed by atoms with van der Waals surface area (Å²) in [6.07, 6.45) is 1.49. The first-order chi connectivity index (χ1) is 13.8. The first kappa shape index (κ1) is 21.2. The molecule has 0 saturated carbocycles. The molecule has 0 aliphatic rings. The Balaban J connectivity index is 1.91. The maximum absolute atomic E-state index is 13.3. The van der Waals surface area contributed by atoms with E-state index in [0.29, 0.717) is 5.76 Å². The fraction of sp³-hybridized carbons (Fsp3) is 0.150. The van der Waals surface area contributed by atoms with Crippen molar-refractivity contribution >= 4 is 44.8 Å². The van der Waals surface area contributed by atoms with E-state index in [0.717, 1.165) is 9.87 Å². The van der Waals surface area contributed by atoms with Crippen LogP contribution < -0.4 is 9.62 Å². The second-order valence-electron chi connectivity index (χ2n) is 6.28. The second kappa shape index (κ2) is 8.90. The zero-order valence-corrected chi connectivity index (χ0v) is 17.8. The first-order valence-corrected chi connectivity index (χ1v) is 10.8. The van der Waals surface area contributed by atoms with E-state index < -0.39 is 22.5 Å². The highest BCUT2D eigenvalue weighted by atomic mass is 35.5. The van der Waals surface area contributed by atoms with Gasteiger partial charge in [-0.25, -0.2) is 8.42 Å². The number of aryl methyl sites for hydroxylation is 1. The molecule has 0 radical (unpaired) electrons. The van der Waals surface area contributed by atoms with Gasteiger partial charge in [-0.2, -0.15) is 0 Å². The number of benzene rings is 2. The van der Waals surface area contributed by atoms with E-state index in [4.69, 9.17) is 27.6 Å². The molecule has 0 unspecified atom stereocenters. The Morgan fingerprint density at radius 3 is 2.41 bits per heavy atom. The Bertz CT molecular complexity index is 1100. The van der Waals surface area contributed by atoms with Crippen LogP contribution in [0.25, 0.3) is 0 Å². The molecule has 0 atom stereocenters. The Kier molecular flexibility index (Phi) is 6.52. The number of carbonyl (C=O) groups excluding carboxylic acids is 1. The van der Waals surface area contributed by atoms with E-state index in [9.17, 15) is 13.2 Å². The van der Waals surface area contributed by atoms with E-state index in [2.05, 4.69) is 5.32 Å². The molecule has 3 rings (SSSR count). The van der Waals surface area contributed by atoms with E-state index in [-0.39, 0.29) is 27.2 Å². The number of nitrogens with zero attached hydrogens (tertiary/aromatic N) is 1. The zero-order chi connectivity index (χ0) is 21.0. The van der Waals surface area contributed by atoms with Gasteiger partial charge in [-0.05, 0) is 49.4 Å².